The summed E-state index contributed by atoms with van der Waals surface area (Å²) >= 11 is 0. The predicted octanol–water partition coefficient (Wildman–Crippen LogP) is 6.10. The van der Waals surface area contributed by atoms with Gasteiger partial charge in [-0.3, -0.25) is 9.59 Å². The van der Waals surface area contributed by atoms with Crippen LogP contribution < -0.4 is 10.6 Å². The van der Waals surface area contributed by atoms with Crippen molar-refractivity contribution < 1.29 is 27.2 Å². The highest BCUT2D eigenvalue weighted by atomic mass is 19.4. The molecule has 0 aromatic heterocycles. The third-order valence-corrected chi connectivity index (χ3v) is 8.35. The van der Waals surface area contributed by atoms with E-state index in [9.17, 15) is 27.2 Å². The van der Waals surface area contributed by atoms with Gasteiger partial charge in [-0.1, -0.05) is 6.07 Å². The highest BCUT2D eigenvalue weighted by Gasteiger charge is 2.57. The van der Waals surface area contributed by atoms with Crippen LogP contribution in [0.15, 0.2) is 36.4 Å². The first-order valence-corrected chi connectivity index (χ1v) is 11.7. The average Bonchev–Trinajstić information content (AvgIpc) is 3.10. The molecule has 4 aliphatic carbocycles. The number of nitrogens with one attached hydrogen (secondary N) is 2. The molecule has 0 radical (unpaired) electrons. The number of rotatable bonds is 3. The smallest absolute Gasteiger partial charge is 0.345 e. The van der Waals surface area contributed by atoms with Crippen molar-refractivity contribution >= 4 is 17.5 Å². The van der Waals surface area contributed by atoms with Gasteiger partial charge in [0.15, 0.2) is 0 Å². The maximum Gasteiger partial charge on any atom is 0.416 e. The summed E-state index contributed by atoms with van der Waals surface area (Å²) in [5.74, 6) is -0.216. The molecule has 2 aromatic rings. The number of alkyl halides is 3. The van der Waals surface area contributed by atoms with Crippen molar-refractivity contribution in [3.8, 4) is 0 Å². The van der Waals surface area contributed by atoms with Crippen LogP contribution in [0.25, 0.3) is 0 Å². The molecular formula is C26H24F4N2O2. The van der Waals surface area contributed by atoms with Gasteiger partial charge in [0.2, 0.25) is 0 Å². The lowest BCUT2D eigenvalue weighted by atomic mass is 9.47. The lowest BCUT2D eigenvalue weighted by Gasteiger charge is -2.59. The lowest BCUT2D eigenvalue weighted by molar-refractivity contribution is -0.137. The molecule has 4 nitrogen and oxygen atoms in total. The second kappa shape index (κ2) is 7.30. The summed E-state index contributed by atoms with van der Waals surface area (Å²) in [6.07, 6.45) is 2.05. The number of hydrogen-bond acceptors (Lipinski definition) is 2. The number of hydrogen-bond donors (Lipinski definition) is 2. The normalized spacial score (nSPS) is 31.4. The van der Waals surface area contributed by atoms with Crippen LogP contribution in [0.1, 0.15) is 76.4 Å². The minimum absolute atomic E-state index is 0.0706. The lowest BCUT2D eigenvalue weighted by Crippen LogP contribution is -2.51. The molecule has 4 bridgehead atoms. The third kappa shape index (κ3) is 3.41. The van der Waals surface area contributed by atoms with Gasteiger partial charge in [-0.15, -0.1) is 0 Å². The van der Waals surface area contributed by atoms with E-state index in [-0.39, 0.29) is 17.4 Å². The number of anilines is 1. The van der Waals surface area contributed by atoms with Gasteiger partial charge in [-0.2, -0.15) is 13.2 Å². The minimum atomic E-state index is -4.77. The summed E-state index contributed by atoms with van der Waals surface area (Å²) in [5.41, 5.74) is -0.144. The molecule has 4 fully saturated rings. The predicted molar refractivity (Wildman–Crippen MR) is 117 cm³/mol. The van der Waals surface area contributed by atoms with Crippen molar-refractivity contribution in [2.75, 3.05) is 5.32 Å². The van der Waals surface area contributed by atoms with Gasteiger partial charge in [-0.05, 0) is 92.0 Å². The molecule has 1 heterocycles. The van der Waals surface area contributed by atoms with Crippen LogP contribution in [-0.2, 0) is 6.18 Å². The maximum absolute atomic E-state index is 13.9. The van der Waals surface area contributed by atoms with Crippen LogP contribution in [0.5, 0.6) is 0 Å². The van der Waals surface area contributed by atoms with E-state index in [1.165, 1.54) is 19.3 Å². The number of carbonyl (C=O) groups excluding carboxylic acids is 2. The minimum Gasteiger partial charge on any atom is -0.345 e. The van der Waals surface area contributed by atoms with Crippen LogP contribution in [0.4, 0.5) is 23.2 Å². The molecule has 1 aliphatic heterocycles. The maximum atomic E-state index is 13.9. The van der Waals surface area contributed by atoms with E-state index in [4.69, 9.17) is 0 Å². The fraction of sp³-hybridized carbons (Fsp3) is 0.462. The van der Waals surface area contributed by atoms with Gasteiger partial charge in [-0.25, -0.2) is 4.39 Å². The van der Waals surface area contributed by atoms with E-state index in [1.54, 1.807) is 18.2 Å². The van der Waals surface area contributed by atoms with Gasteiger partial charge in [0.25, 0.3) is 11.8 Å². The van der Waals surface area contributed by atoms with Gasteiger partial charge >= 0.3 is 6.18 Å². The van der Waals surface area contributed by atoms with E-state index >= 15 is 0 Å². The molecule has 178 valence electrons. The molecule has 2 aromatic carbocycles. The third-order valence-electron chi connectivity index (χ3n) is 8.35. The standard InChI is InChI=1S/C26H24F4N2O2/c27-18-8-16(7-17(9-18)26(28,29)30)23(33)31-20-3-1-2-19-21(20)22(32-24(19)34)25-10-13-4-14(11-25)6-15(5-13)12-25/h1-3,7-9,13-15,22H,4-6,10-12H2,(H,31,33)(H,32,34)/t13?,14?,15?,22-,25?/m0/s1. The van der Waals surface area contributed by atoms with Crippen molar-refractivity contribution in [3.05, 3.63) is 64.5 Å². The fourth-order valence-electron chi connectivity index (χ4n) is 7.53. The van der Waals surface area contributed by atoms with Crippen molar-refractivity contribution in [3.63, 3.8) is 0 Å². The second-order valence-corrected chi connectivity index (χ2v) is 10.6. The number of halogens is 4. The van der Waals surface area contributed by atoms with Crippen molar-refractivity contribution in [1.29, 1.82) is 0 Å². The van der Waals surface area contributed by atoms with E-state index in [1.807, 2.05) is 0 Å². The quantitative estimate of drug-likeness (QED) is 0.531. The zero-order valence-corrected chi connectivity index (χ0v) is 18.3. The summed E-state index contributed by atoms with van der Waals surface area (Å²) in [6.45, 7) is 0. The topological polar surface area (TPSA) is 58.2 Å². The Balaban J connectivity index is 1.36. The SMILES string of the molecule is O=C(Nc1cccc2c1[C@@H](C13CC4CC(CC(C4)C1)C3)NC2=O)c1cc(F)cc(C(F)(F)F)c1. The molecule has 0 saturated heterocycles. The van der Waals surface area contributed by atoms with E-state index in [2.05, 4.69) is 10.6 Å². The Bertz CT molecular complexity index is 1170. The molecule has 34 heavy (non-hydrogen) atoms. The van der Waals surface area contributed by atoms with Gasteiger partial charge < -0.3 is 10.6 Å². The number of benzene rings is 2. The number of amides is 2. The zero-order valence-electron chi connectivity index (χ0n) is 18.3. The monoisotopic (exact) mass is 472 g/mol. The second-order valence-electron chi connectivity index (χ2n) is 10.6. The number of carbonyl (C=O) groups is 2. The first kappa shape index (κ1) is 21.6. The van der Waals surface area contributed by atoms with Crippen molar-refractivity contribution in [2.45, 2.75) is 50.7 Å². The van der Waals surface area contributed by atoms with E-state index in [0.717, 1.165) is 25.3 Å². The summed E-state index contributed by atoms with van der Waals surface area (Å²) in [5, 5.41) is 5.85. The molecular weight excluding hydrogens is 448 g/mol. The van der Waals surface area contributed by atoms with E-state index in [0.29, 0.717) is 46.7 Å². The van der Waals surface area contributed by atoms with Gasteiger partial charge in [0.1, 0.15) is 5.82 Å². The Kier molecular flexibility index (Phi) is 4.64. The molecule has 0 spiro atoms. The molecule has 7 rings (SSSR count). The Hall–Kier alpha value is -2.90. The Morgan fingerprint density at radius 3 is 2.26 bits per heavy atom. The average molecular weight is 472 g/mol. The van der Waals surface area contributed by atoms with Crippen molar-refractivity contribution in [1.82, 2.24) is 5.32 Å². The van der Waals surface area contributed by atoms with Crippen LogP contribution in [0.3, 0.4) is 0 Å². The Morgan fingerprint density at radius 2 is 1.65 bits per heavy atom. The first-order valence-electron chi connectivity index (χ1n) is 11.7. The first-order chi connectivity index (χ1) is 16.1. The zero-order chi connectivity index (χ0) is 23.8. The molecule has 5 aliphatic rings. The summed E-state index contributed by atoms with van der Waals surface area (Å²) in [6, 6.07) is 6.55. The molecule has 4 saturated carbocycles. The molecule has 8 heteroatoms. The fourth-order valence-corrected chi connectivity index (χ4v) is 7.53. The van der Waals surface area contributed by atoms with Crippen LogP contribution in [-0.4, -0.2) is 11.8 Å². The van der Waals surface area contributed by atoms with Crippen LogP contribution in [0.2, 0.25) is 0 Å². The van der Waals surface area contributed by atoms with Gasteiger partial charge in [0.05, 0.1) is 11.6 Å². The largest absolute Gasteiger partial charge is 0.416 e. The summed E-state index contributed by atoms with van der Waals surface area (Å²) in [4.78, 5) is 25.8. The molecule has 2 N–H and O–H groups in total. The van der Waals surface area contributed by atoms with Gasteiger partial charge in [0, 0.05) is 22.4 Å². The summed E-state index contributed by atoms with van der Waals surface area (Å²) in [7, 11) is 0. The highest BCUT2D eigenvalue weighted by molar-refractivity contribution is 6.07. The molecule has 1 atom stereocenters. The van der Waals surface area contributed by atoms with Crippen LogP contribution in [0, 0.1) is 29.0 Å². The highest BCUT2D eigenvalue weighted by Crippen LogP contribution is 2.65. The van der Waals surface area contributed by atoms with Crippen LogP contribution >= 0.6 is 0 Å². The molecule has 2 amide bonds. The Morgan fingerprint density at radius 1 is 1.00 bits per heavy atom. The molecule has 0 unspecified atom stereocenters. The summed E-state index contributed by atoms with van der Waals surface area (Å²) < 4.78 is 53.3. The Labute approximate surface area is 194 Å². The van der Waals surface area contributed by atoms with E-state index < -0.39 is 29.0 Å². The van der Waals surface area contributed by atoms with Crippen molar-refractivity contribution in [2.24, 2.45) is 23.2 Å². The number of fused-ring (bicyclic) bond motifs is 1.